The first-order valence-corrected chi connectivity index (χ1v) is 5.39. The van der Waals surface area contributed by atoms with Gasteiger partial charge in [0.1, 0.15) is 11.5 Å². The van der Waals surface area contributed by atoms with Crippen LogP contribution in [0.5, 0.6) is 0 Å². The quantitative estimate of drug-likeness (QED) is 0.865. The third-order valence-corrected chi connectivity index (χ3v) is 2.39. The average molecular weight is 245 g/mol. The minimum absolute atomic E-state index is 0.292. The topological polar surface area (TPSA) is 68.0 Å². The Kier molecular flexibility index (Phi) is 3.52. The molecule has 1 heterocycles. The summed E-state index contributed by atoms with van der Waals surface area (Å²) < 4.78 is 12.7. The normalized spacial score (nSPS) is 10.1. The molecular formula is C13H12FN3O. The van der Waals surface area contributed by atoms with Crippen LogP contribution in [0.25, 0.3) is 0 Å². The monoisotopic (exact) mass is 245 g/mol. The van der Waals surface area contributed by atoms with Gasteiger partial charge >= 0.3 is 0 Å². The van der Waals surface area contributed by atoms with Crippen LogP contribution in [0.3, 0.4) is 0 Å². The van der Waals surface area contributed by atoms with E-state index in [9.17, 15) is 9.18 Å². The second-order valence-electron chi connectivity index (χ2n) is 3.79. The second-order valence-corrected chi connectivity index (χ2v) is 3.79. The molecule has 0 atom stereocenters. The zero-order chi connectivity index (χ0) is 13.0. The molecule has 18 heavy (non-hydrogen) atoms. The van der Waals surface area contributed by atoms with Gasteiger partial charge in [0, 0.05) is 6.54 Å². The number of hydrogen-bond donors (Lipinski definition) is 2. The van der Waals surface area contributed by atoms with E-state index >= 15 is 0 Å². The standard InChI is InChI=1S/C13H12FN3O/c14-10-3-1-9(2-4-10)7-17-13(18)12-6-5-11(15)8-16-12/h1-6,8H,7,15H2,(H,17,18). The molecule has 1 aromatic carbocycles. The van der Waals surface area contributed by atoms with Crippen molar-refractivity contribution in [2.75, 3.05) is 5.73 Å². The Morgan fingerprint density at radius 2 is 1.94 bits per heavy atom. The summed E-state index contributed by atoms with van der Waals surface area (Å²) in [5.74, 6) is -0.593. The Bertz CT molecular complexity index is 537. The van der Waals surface area contributed by atoms with Crippen molar-refractivity contribution in [3.05, 3.63) is 59.7 Å². The van der Waals surface area contributed by atoms with E-state index in [0.717, 1.165) is 5.56 Å². The first kappa shape index (κ1) is 12.0. The Morgan fingerprint density at radius 1 is 1.22 bits per heavy atom. The molecule has 0 radical (unpaired) electrons. The lowest BCUT2D eigenvalue weighted by Gasteiger charge is -2.05. The number of rotatable bonds is 3. The van der Waals surface area contributed by atoms with E-state index in [0.29, 0.717) is 17.9 Å². The van der Waals surface area contributed by atoms with Crippen LogP contribution < -0.4 is 11.1 Å². The van der Waals surface area contributed by atoms with Gasteiger partial charge in [-0.05, 0) is 29.8 Å². The molecule has 4 nitrogen and oxygen atoms in total. The van der Waals surface area contributed by atoms with E-state index in [1.807, 2.05) is 0 Å². The predicted octanol–water partition coefficient (Wildman–Crippen LogP) is 1.73. The van der Waals surface area contributed by atoms with Gasteiger partial charge in [-0.2, -0.15) is 0 Å². The first-order valence-electron chi connectivity index (χ1n) is 5.39. The number of nitrogens with zero attached hydrogens (tertiary/aromatic N) is 1. The van der Waals surface area contributed by atoms with Crippen LogP contribution in [-0.2, 0) is 6.54 Å². The summed E-state index contributed by atoms with van der Waals surface area (Å²) in [5.41, 5.74) is 7.10. The molecule has 0 bridgehead atoms. The minimum Gasteiger partial charge on any atom is -0.397 e. The summed E-state index contributed by atoms with van der Waals surface area (Å²) in [6.45, 7) is 0.325. The molecule has 0 spiro atoms. The average Bonchev–Trinajstić information content (AvgIpc) is 2.38. The van der Waals surface area contributed by atoms with Gasteiger partial charge < -0.3 is 11.1 Å². The fourth-order valence-corrected chi connectivity index (χ4v) is 1.41. The number of halogens is 1. The van der Waals surface area contributed by atoms with Gasteiger partial charge in [-0.25, -0.2) is 9.37 Å². The first-order chi connectivity index (χ1) is 8.65. The van der Waals surface area contributed by atoms with Crippen molar-refractivity contribution in [3.8, 4) is 0 Å². The molecule has 0 saturated heterocycles. The fourth-order valence-electron chi connectivity index (χ4n) is 1.41. The highest BCUT2D eigenvalue weighted by molar-refractivity contribution is 5.92. The lowest BCUT2D eigenvalue weighted by molar-refractivity contribution is 0.0946. The largest absolute Gasteiger partial charge is 0.397 e. The molecule has 3 N–H and O–H groups in total. The molecule has 0 fully saturated rings. The lowest BCUT2D eigenvalue weighted by Crippen LogP contribution is -2.23. The molecule has 1 amide bonds. The van der Waals surface area contributed by atoms with Crippen LogP contribution in [0.1, 0.15) is 16.1 Å². The number of hydrogen-bond acceptors (Lipinski definition) is 3. The summed E-state index contributed by atoms with van der Waals surface area (Å²) in [5, 5.41) is 2.69. The van der Waals surface area contributed by atoms with E-state index in [1.54, 1.807) is 24.3 Å². The number of pyridine rings is 1. The van der Waals surface area contributed by atoms with Crippen molar-refractivity contribution >= 4 is 11.6 Å². The number of carbonyl (C=O) groups excluding carboxylic acids is 1. The molecule has 92 valence electrons. The van der Waals surface area contributed by atoms with Crippen LogP contribution in [0.2, 0.25) is 0 Å². The van der Waals surface area contributed by atoms with Crippen molar-refractivity contribution in [3.63, 3.8) is 0 Å². The Labute approximate surface area is 104 Å². The number of aromatic nitrogens is 1. The lowest BCUT2D eigenvalue weighted by atomic mass is 10.2. The van der Waals surface area contributed by atoms with E-state index in [2.05, 4.69) is 10.3 Å². The number of amides is 1. The minimum atomic E-state index is -0.301. The van der Waals surface area contributed by atoms with E-state index < -0.39 is 0 Å². The maximum absolute atomic E-state index is 12.7. The SMILES string of the molecule is Nc1ccc(C(=O)NCc2ccc(F)cc2)nc1. The molecule has 0 saturated carbocycles. The third kappa shape index (κ3) is 3.04. The van der Waals surface area contributed by atoms with Gasteiger partial charge in [0.2, 0.25) is 0 Å². The van der Waals surface area contributed by atoms with E-state index in [4.69, 9.17) is 5.73 Å². The fraction of sp³-hybridized carbons (Fsp3) is 0.0769. The smallest absolute Gasteiger partial charge is 0.270 e. The van der Waals surface area contributed by atoms with Crippen molar-refractivity contribution in [1.29, 1.82) is 0 Å². The molecule has 5 heteroatoms. The molecule has 1 aromatic heterocycles. The van der Waals surface area contributed by atoms with Gasteiger partial charge in [0.25, 0.3) is 5.91 Å². The summed E-state index contributed by atoms with van der Waals surface area (Å²) in [4.78, 5) is 15.6. The van der Waals surface area contributed by atoms with Crippen LogP contribution >= 0.6 is 0 Å². The highest BCUT2D eigenvalue weighted by atomic mass is 19.1. The Hall–Kier alpha value is -2.43. The van der Waals surface area contributed by atoms with Gasteiger partial charge in [-0.15, -0.1) is 0 Å². The highest BCUT2D eigenvalue weighted by Gasteiger charge is 2.06. The molecule has 2 aromatic rings. The van der Waals surface area contributed by atoms with Crippen molar-refractivity contribution in [2.24, 2.45) is 0 Å². The summed E-state index contributed by atoms with van der Waals surface area (Å²) >= 11 is 0. The highest BCUT2D eigenvalue weighted by Crippen LogP contribution is 2.04. The number of carbonyl (C=O) groups is 1. The summed E-state index contributed by atoms with van der Waals surface area (Å²) in [7, 11) is 0. The van der Waals surface area contributed by atoms with Gasteiger partial charge in [-0.3, -0.25) is 4.79 Å². The summed E-state index contributed by atoms with van der Waals surface area (Å²) in [6, 6.07) is 9.10. The van der Waals surface area contributed by atoms with Crippen LogP contribution in [0, 0.1) is 5.82 Å². The van der Waals surface area contributed by atoms with Gasteiger partial charge in [0.05, 0.1) is 11.9 Å². The van der Waals surface area contributed by atoms with Crippen molar-refractivity contribution in [2.45, 2.75) is 6.54 Å². The van der Waals surface area contributed by atoms with Crippen LogP contribution in [0.15, 0.2) is 42.6 Å². The van der Waals surface area contributed by atoms with Crippen molar-refractivity contribution < 1.29 is 9.18 Å². The zero-order valence-electron chi connectivity index (χ0n) is 9.56. The van der Waals surface area contributed by atoms with Crippen LogP contribution in [-0.4, -0.2) is 10.9 Å². The third-order valence-electron chi connectivity index (χ3n) is 2.39. The second kappa shape index (κ2) is 5.27. The van der Waals surface area contributed by atoms with Crippen molar-refractivity contribution in [1.82, 2.24) is 10.3 Å². The zero-order valence-corrected chi connectivity index (χ0v) is 9.56. The molecular weight excluding hydrogens is 233 g/mol. The maximum atomic E-state index is 12.7. The number of nitrogens with two attached hydrogens (primary N) is 1. The van der Waals surface area contributed by atoms with E-state index in [-0.39, 0.29) is 11.7 Å². The Morgan fingerprint density at radius 3 is 2.56 bits per heavy atom. The number of nitrogen functional groups attached to an aromatic ring is 1. The van der Waals surface area contributed by atoms with E-state index in [1.165, 1.54) is 18.3 Å². The van der Waals surface area contributed by atoms with Gasteiger partial charge in [0.15, 0.2) is 0 Å². The Balaban J connectivity index is 1.96. The number of nitrogens with one attached hydrogen (secondary N) is 1. The summed E-state index contributed by atoms with van der Waals surface area (Å²) in [6.07, 6.45) is 1.42. The number of benzene rings is 1. The molecule has 0 aliphatic carbocycles. The van der Waals surface area contributed by atoms with Crippen LogP contribution in [0.4, 0.5) is 10.1 Å². The maximum Gasteiger partial charge on any atom is 0.270 e. The molecule has 0 unspecified atom stereocenters. The molecule has 2 rings (SSSR count). The molecule has 0 aliphatic heterocycles. The van der Waals surface area contributed by atoms with Gasteiger partial charge in [-0.1, -0.05) is 12.1 Å². The predicted molar refractivity (Wildman–Crippen MR) is 66.2 cm³/mol. The molecule has 0 aliphatic rings. The number of anilines is 1.